The van der Waals surface area contributed by atoms with Gasteiger partial charge in [0.2, 0.25) is 0 Å². The van der Waals surface area contributed by atoms with E-state index in [2.05, 4.69) is 4.98 Å². The maximum atomic E-state index is 10.7. The smallest absolute Gasteiger partial charge is 0.328 e. The van der Waals surface area contributed by atoms with Gasteiger partial charge in [-0.1, -0.05) is 48.5 Å². The number of hydrogen-bond acceptors (Lipinski definition) is 4. The normalized spacial score (nSPS) is 11.4. The fraction of sp³-hybridized carbons (Fsp3) is 0. The van der Waals surface area contributed by atoms with Gasteiger partial charge in [-0.2, -0.15) is 0 Å². The summed E-state index contributed by atoms with van der Waals surface area (Å²) in [7, 11) is 0. The summed E-state index contributed by atoms with van der Waals surface area (Å²) in [6, 6.07) is 18.4. The van der Waals surface area contributed by atoms with Crippen molar-refractivity contribution in [1.29, 1.82) is 0 Å². The van der Waals surface area contributed by atoms with Crippen LogP contribution in [0.25, 0.3) is 46.3 Å². The van der Waals surface area contributed by atoms with Gasteiger partial charge in [-0.05, 0) is 35.4 Å². The van der Waals surface area contributed by atoms with Crippen molar-refractivity contribution in [3.05, 3.63) is 90.2 Å². The van der Waals surface area contributed by atoms with E-state index in [9.17, 15) is 9.59 Å². The van der Waals surface area contributed by atoms with Crippen molar-refractivity contribution in [2.45, 2.75) is 0 Å². The Hall–Kier alpha value is -4.65. The second-order valence-corrected chi connectivity index (χ2v) is 6.87. The van der Waals surface area contributed by atoms with Gasteiger partial charge >= 0.3 is 11.9 Å². The minimum absolute atomic E-state index is 0.574. The molecule has 0 bridgehead atoms. The third-order valence-corrected chi connectivity index (χ3v) is 4.68. The molecule has 0 fully saturated rings. The Morgan fingerprint density at radius 2 is 1.38 bits per heavy atom. The molecule has 0 aliphatic heterocycles. The van der Waals surface area contributed by atoms with Crippen molar-refractivity contribution < 1.29 is 24.2 Å². The molecule has 32 heavy (non-hydrogen) atoms. The second kappa shape index (κ2) is 9.01. The summed E-state index contributed by atoms with van der Waals surface area (Å²) in [5.41, 5.74) is 4.72. The van der Waals surface area contributed by atoms with Gasteiger partial charge in [0.15, 0.2) is 11.6 Å². The Kier molecular flexibility index (Phi) is 5.81. The topological polar surface area (TPSA) is 116 Å². The Morgan fingerprint density at radius 3 is 1.88 bits per heavy atom. The third-order valence-electron chi connectivity index (χ3n) is 4.68. The van der Waals surface area contributed by atoms with E-state index in [0.717, 1.165) is 40.1 Å². The molecule has 158 valence electrons. The van der Waals surface area contributed by atoms with E-state index < -0.39 is 11.9 Å². The number of hydrogen-bond donors (Lipinski definition) is 3. The zero-order chi connectivity index (χ0) is 22.5. The van der Waals surface area contributed by atoms with Gasteiger partial charge in [0.05, 0.1) is 17.7 Å². The number of carboxylic acids is 2. The van der Waals surface area contributed by atoms with E-state index >= 15 is 0 Å². The fourth-order valence-electron chi connectivity index (χ4n) is 3.17. The lowest BCUT2D eigenvalue weighted by molar-refractivity contribution is -0.132. The molecule has 2 heterocycles. The Labute approximate surface area is 183 Å². The van der Waals surface area contributed by atoms with Crippen LogP contribution in [0.4, 0.5) is 0 Å². The molecule has 3 N–H and O–H groups in total. The van der Waals surface area contributed by atoms with E-state index in [-0.39, 0.29) is 0 Å². The van der Waals surface area contributed by atoms with Gasteiger partial charge in [0.25, 0.3) is 0 Å². The lowest BCUT2D eigenvalue weighted by Crippen LogP contribution is -1.87. The Bertz CT molecular complexity index is 1210. The van der Waals surface area contributed by atoms with Crippen LogP contribution in [0.5, 0.6) is 0 Å². The SMILES string of the molecule is O=C(O)C=Cc1ccc(-c2nc(-c3ccco3)[nH]c2-c2ccc(C=CC(=O)O)cc2)cc1. The van der Waals surface area contributed by atoms with Gasteiger partial charge < -0.3 is 19.6 Å². The van der Waals surface area contributed by atoms with Crippen LogP contribution in [0, 0.1) is 0 Å². The average Bonchev–Trinajstić information content (AvgIpc) is 3.47. The number of imidazole rings is 1. The lowest BCUT2D eigenvalue weighted by Gasteiger charge is -2.05. The molecule has 0 aliphatic rings. The van der Waals surface area contributed by atoms with E-state index in [1.54, 1.807) is 12.3 Å². The molecule has 0 atom stereocenters. The number of carboxylic acid groups (broad SMARTS) is 2. The van der Waals surface area contributed by atoms with Crippen molar-refractivity contribution in [1.82, 2.24) is 9.97 Å². The first-order valence-corrected chi connectivity index (χ1v) is 9.66. The third kappa shape index (κ3) is 4.73. The van der Waals surface area contributed by atoms with Crippen LogP contribution in [0.2, 0.25) is 0 Å². The van der Waals surface area contributed by atoms with Gasteiger partial charge in [0.1, 0.15) is 0 Å². The molecule has 0 amide bonds. The largest absolute Gasteiger partial charge is 0.478 e. The minimum atomic E-state index is -1.01. The highest BCUT2D eigenvalue weighted by molar-refractivity contribution is 5.87. The molecule has 0 saturated heterocycles. The molecule has 4 aromatic rings. The molecule has 0 aliphatic carbocycles. The molecule has 2 aromatic carbocycles. The van der Waals surface area contributed by atoms with Crippen LogP contribution >= 0.6 is 0 Å². The number of nitrogens with one attached hydrogen (secondary N) is 1. The first-order chi connectivity index (χ1) is 15.5. The number of carbonyl (C=O) groups is 2. The van der Waals surface area contributed by atoms with Crippen molar-refractivity contribution >= 4 is 24.1 Å². The monoisotopic (exact) mass is 426 g/mol. The zero-order valence-electron chi connectivity index (χ0n) is 16.7. The number of H-pyrrole nitrogens is 1. The number of furan rings is 1. The van der Waals surface area contributed by atoms with Crippen LogP contribution in [0.1, 0.15) is 11.1 Å². The molecule has 4 rings (SSSR count). The summed E-state index contributed by atoms with van der Waals surface area (Å²) in [6.07, 6.45) is 6.80. The van der Waals surface area contributed by atoms with Gasteiger partial charge in [-0.15, -0.1) is 0 Å². The first-order valence-electron chi connectivity index (χ1n) is 9.66. The molecule has 2 aromatic heterocycles. The van der Waals surface area contributed by atoms with Crippen molar-refractivity contribution in [2.24, 2.45) is 0 Å². The highest BCUT2D eigenvalue weighted by Crippen LogP contribution is 2.33. The fourth-order valence-corrected chi connectivity index (χ4v) is 3.17. The van der Waals surface area contributed by atoms with E-state index in [0.29, 0.717) is 17.3 Å². The van der Waals surface area contributed by atoms with Gasteiger partial charge in [0, 0.05) is 23.3 Å². The molecule has 0 spiro atoms. The Morgan fingerprint density at radius 1 is 0.812 bits per heavy atom. The number of aromatic nitrogens is 2. The van der Waals surface area contributed by atoms with Crippen LogP contribution in [-0.2, 0) is 9.59 Å². The lowest BCUT2D eigenvalue weighted by atomic mass is 10.0. The van der Waals surface area contributed by atoms with Crippen LogP contribution in [0.15, 0.2) is 83.5 Å². The molecular weight excluding hydrogens is 408 g/mol. The summed E-state index contributed by atoms with van der Waals surface area (Å²) in [4.78, 5) is 29.5. The Balaban J connectivity index is 1.73. The molecular formula is C25H18N2O5. The second-order valence-electron chi connectivity index (χ2n) is 6.87. The average molecular weight is 426 g/mol. The molecule has 0 unspecified atom stereocenters. The summed E-state index contributed by atoms with van der Waals surface area (Å²) in [5, 5.41) is 17.6. The summed E-state index contributed by atoms with van der Waals surface area (Å²) >= 11 is 0. The van der Waals surface area contributed by atoms with Crippen LogP contribution < -0.4 is 0 Å². The predicted octanol–water partition coefficient (Wildman–Crippen LogP) is 5.20. The summed E-state index contributed by atoms with van der Waals surface area (Å²) in [6.45, 7) is 0. The maximum absolute atomic E-state index is 10.7. The number of nitrogens with zero attached hydrogens (tertiary/aromatic N) is 1. The highest BCUT2D eigenvalue weighted by Gasteiger charge is 2.16. The van der Waals surface area contributed by atoms with E-state index in [1.807, 2.05) is 54.6 Å². The quantitative estimate of drug-likeness (QED) is 0.350. The highest BCUT2D eigenvalue weighted by atomic mass is 16.4. The van der Waals surface area contributed by atoms with E-state index in [4.69, 9.17) is 19.6 Å². The number of rotatable bonds is 7. The van der Waals surface area contributed by atoms with Crippen molar-refractivity contribution in [2.75, 3.05) is 0 Å². The summed E-state index contributed by atoms with van der Waals surface area (Å²) in [5.74, 6) is -0.840. The van der Waals surface area contributed by atoms with Crippen molar-refractivity contribution in [3.63, 3.8) is 0 Å². The number of aromatic amines is 1. The van der Waals surface area contributed by atoms with E-state index in [1.165, 1.54) is 12.2 Å². The number of aliphatic carboxylic acids is 2. The minimum Gasteiger partial charge on any atom is -0.478 e. The molecule has 0 radical (unpaired) electrons. The standard InChI is InChI=1S/C25H18N2O5/c28-21(29)13-7-16-3-9-18(10-4-16)23-24(27-25(26-23)20-2-1-15-32-20)19-11-5-17(6-12-19)8-14-22(30)31/h1-15H,(H,26,27)(H,28,29)(H,30,31). The maximum Gasteiger partial charge on any atom is 0.328 e. The summed E-state index contributed by atoms with van der Waals surface area (Å²) < 4.78 is 5.48. The molecule has 0 saturated carbocycles. The van der Waals surface area contributed by atoms with Gasteiger partial charge in [-0.3, -0.25) is 0 Å². The predicted molar refractivity (Wildman–Crippen MR) is 121 cm³/mol. The first kappa shape index (κ1) is 20.6. The molecule has 7 heteroatoms. The molecule has 7 nitrogen and oxygen atoms in total. The number of benzene rings is 2. The van der Waals surface area contributed by atoms with Gasteiger partial charge in [-0.25, -0.2) is 14.6 Å². The zero-order valence-corrected chi connectivity index (χ0v) is 16.7. The van der Waals surface area contributed by atoms with Crippen LogP contribution in [0.3, 0.4) is 0 Å². The van der Waals surface area contributed by atoms with Crippen LogP contribution in [-0.4, -0.2) is 32.1 Å². The van der Waals surface area contributed by atoms with Crippen molar-refractivity contribution in [3.8, 4) is 34.1 Å².